The van der Waals surface area contributed by atoms with Gasteiger partial charge in [-0.3, -0.25) is 0 Å². The van der Waals surface area contributed by atoms with Crippen LogP contribution in [0.3, 0.4) is 0 Å². The van der Waals surface area contributed by atoms with E-state index in [4.69, 9.17) is 18.3 Å². The Hall–Kier alpha value is -2.37. The average Bonchev–Trinajstić information content (AvgIpc) is 3.05. The molecular formula is C15H19NO5. The third-order valence-corrected chi connectivity index (χ3v) is 2.54. The molecule has 2 aromatic rings. The van der Waals surface area contributed by atoms with Gasteiger partial charge in [-0.15, -0.1) is 0 Å². The molecule has 0 spiro atoms. The number of hydrogen-bond acceptors (Lipinski definition) is 5. The minimum atomic E-state index is -0.594. The maximum atomic E-state index is 12.3. The largest absolute Gasteiger partial charge is 0.468 e. The van der Waals surface area contributed by atoms with Gasteiger partial charge in [-0.2, -0.15) is 0 Å². The molecule has 0 N–H and O–H groups in total. The van der Waals surface area contributed by atoms with Gasteiger partial charge in [-0.05, 0) is 32.9 Å². The molecule has 0 aromatic carbocycles. The predicted molar refractivity (Wildman–Crippen MR) is 76.4 cm³/mol. The van der Waals surface area contributed by atoms with Gasteiger partial charge in [0.2, 0.25) is 5.88 Å². The van der Waals surface area contributed by atoms with Gasteiger partial charge in [0.25, 0.3) is 5.95 Å². The summed E-state index contributed by atoms with van der Waals surface area (Å²) < 4.78 is 21.1. The number of rotatable bonds is 4. The zero-order valence-corrected chi connectivity index (χ0v) is 12.6. The Kier molecular flexibility index (Phi) is 4.26. The Balaban J connectivity index is 2.18. The highest BCUT2D eigenvalue weighted by atomic mass is 16.6. The van der Waals surface area contributed by atoms with E-state index in [9.17, 15) is 4.79 Å². The van der Waals surface area contributed by atoms with E-state index in [1.165, 1.54) is 18.3 Å². The fourth-order valence-electron chi connectivity index (χ4n) is 1.68. The summed E-state index contributed by atoms with van der Waals surface area (Å²) in [5, 5.41) is 0. The molecule has 0 unspecified atom stereocenters. The zero-order chi connectivity index (χ0) is 15.5. The van der Waals surface area contributed by atoms with E-state index in [1.807, 2.05) is 0 Å². The molecule has 21 heavy (non-hydrogen) atoms. The van der Waals surface area contributed by atoms with Crippen LogP contribution in [-0.4, -0.2) is 18.8 Å². The van der Waals surface area contributed by atoms with E-state index in [0.717, 1.165) is 0 Å². The second-order valence-electron chi connectivity index (χ2n) is 5.44. The molecule has 0 fully saturated rings. The Labute approximate surface area is 123 Å². The highest BCUT2D eigenvalue weighted by Crippen LogP contribution is 2.23. The second kappa shape index (κ2) is 5.95. The highest BCUT2D eigenvalue weighted by molar-refractivity contribution is 5.85. The number of anilines is 1. The lowest BCUT2D eigenvalue weighted by atomic mass is 10.2. The number of hydrogen-bond donors (Lipinski definition) is 0. The van der Waals surface area contributed by atoms with E-state index in [-0.39, 0.29) is 6.54 Å². The van der Waals surface area contributed by atoms with Crippen LogP contribution in [-0.2, 0) is 11.3 Å². The minimum Gasteiger partial charge on any atom is -0.468 e. The van der Waals surface area contributed by atoms with Crippen LogP contribution in [0, 0.1) is 0 Å². The van der Waals surface area contributed by atoms with Crippen molar-refractivity contribution < 1.29 is 23.1 Å². The van der Waals surface area contributed by atoms with Crippen LogP contribution in [0.25, 0.3) is 0 Å². The molecule has 0 bridgehead atoms. The molecule has 0 aliphatic rings. The maximum Gasteiger partial charge on any atom is 0.417 e. The molecule has 0 saturated carbocycles. The van der Waals surface area contributed by atoms with Crippen LogP contribution >= 0.6 is 0 Å². The Morgan fingerprint density at radius 2 is 2.05 bits per heavy atom. The smallest absolute Gasteiger partial charge is 0.417 e. The van der Waals surface area contributed by atoms with Gasteiger partial charge in [0.1, 0.15) is 11.4 Å². The molecular weight excluding hydrogens is 274 g/mol. The third-order valence-electron chi connectivity index (χ3n) is 2.54. The van der Waals surface area contributed by atoms with E-state index in [1.54, 1.807) is 45.0 Å². The molecule has 2 rings (SSSR count). The molecule has 0 aliphatic carbocycles. The lowest BCUT2D eigenvalue weighted by Crippen LogP contribution is -2.36. The lowest BCUT2D eigenvalue weighted by molar-refractivity contribution is 0.0568. The van der Waals surface area contributed by atoms with Crippen LogP contribution in [0.5, 0.6) is 5.95 Å². The zero-order valence-electron chi connectivity index (χ0n) is 12.6. The summed E-state index contributed by atoms with van der Waals surface area (Å²) in [6, 6.07) is 6.81. The molecule has 0 saturated heterocycles. The summed E-state index contributed by atoms with van der Waals surface area (Å²) in [7, 11) is 1.51. The molecule has 0 aliphatic heterocycles. The van der Waals surface area contributed by atoms with Crippen molar-refractivity contribution >= 4 is 12.0 Å². The van der Waals surface area contributed by atoms with Crippen molar-refractivity contribution in [1.29, 1.82) is 0 Å². The van der Waals surface area contributed by atoms with Gasteiger partial charge in [-0.1, -0.05) is 0 Å². The van der Waals surface area contributed by atoms with E-state index in [0.29, 0.717) is 17.6 Å². The standard InChI is InChI=1S/C15H19NO5/c1-15(2,3)21-14(17)16(12-6-5-9-19-12)10-11-7-8-13(18-4)20-11/h5-9H,10H2,1-4H3. The van der Waals surface area contributed by atoms with Crippen molar-refractivity contribution in [1.82, 2.24) is 0 Å². The van der Waals surface area contributed by atoms with Crippen LogP contribution in [0.4, 0.5) is 10.7 Å². The molecule has 2 heterocycles. The normalized spacial score (nSPS) is 11.2. The second-order valence-corrected chi connectivity index (χ2v) is 5.44. The average molecular weight is 293 g/mol. The lowest BCUT2D eigenvalue weighted by Gasteiger charge is -2.25. The first kappa shape index (κ1) is 15.0. The van der Waals surface area contributed by atoms with Gasteiger partial charge in [0.05, 0.1) is 19.9 Å². The molecule has 1 amide bonds. The number of methoxy groups -OCH3 is 1. The molecule has 6 nitrogen and oxygen atoms in total. The first-order valence-corrected chi connectivity index (χ1v) is 6.56. The molecule has 2 aromatic heterocycles. The van der Waals surface area contributed by atoms with Crippen molar-refractivity contribution in [2.75, 3.05) is 12.0 Å². The number of furan rings is 2. The van der Waals surface area contributed by atoms with Crippen LogP contribution in [0.15, 0.2) is 39.4 Å². The van der Waals surface area contributed by atoms with Gasteiger partial charge in [0.15, 0.2) is 0 Å². The summed E-state index contributed by atoms with van der Waals surface area (Å²) >= 11 is 0. The third kappa shape index (κ3) is 4.05. The fourth-order valence-corrected chi connectivity index (χ4v) is 1.68. The number of carbonyl (C=O) groups is 1. The minimum absolute atomic E-state index is 0.186. The fraction of sp³-hybridized carbons (Fsp3) is 0.400. The predicted octanol–water partition coefficient (Wildman–Crippen LogP) is 3.82. The molecule has 6 heteroatoms. The van der Waals surface area contributed by atoms with E-state index >= 15 is 0 Å². The van der Waals surface area contributed by atoms with Gasteiger partial charge >= 0.3 is 6.09 Å². The van der Waals surface area contributed by atoms with Crippen LogP contribution in [0.1, 0.15) is 26.5 Å². The molecule has 114 valence electrons. The Bertz CT molecular complexity index is 579. The number of amides is 1. The number of ether oxygens (including phenoxy) is 2. The first-order valence-electron chi connectivity index (χ1n) is 6.56. The summed E-state index contributed by atoms with van der Waals surface area (Å²) in [4.78, 5) is 13.7. The molecule has 0 radical (unpaired) electrons. The van der Waals surface area contributed by atoms with Crippen LogP contribution < -0.4 is 9.64 Å². The summed E-state index contributed by atoms with van der Waals surface area (Å²) in [5.74, 6) is 1.34. The summed E-state index contributed by atoms with van der Waals surface area (Å²) in [5.41, 5.74) is -0.594. The SMILES string of the molecule is COc1ccc(CN(C(=O)OC(C)(C)C)c2ccco2)o1. The summed E-state index contributed by atoms with van der Waals surface area (Å²) in [6.45, 7) is 5.61. The van der Waals surface area contributed by atoms with Gasteiger partial charge in [-0.25, -0.2) is 9.69 Å². The van der Waals surface area contributed by atoms with Crippen molar-refractivity contribution in [3.63, 3.8) is 0 Å². The Morgan fingerprint density at radius 3 is 2.57 bits per heavy atom. The molecule has 0 atom stereocenters. The van der Waals surface area contributed by atoms with Crippen LogP contribution in [0.2, 0.25) is 0 Å². The van der Waals surface area contributed by atoms with Gasteiger partial charge < -0.3 is 18.3 Å². The first-order chi connectivity index (χ1) is 9.89. The Morgan fingerprint density at radius 1 is 1.29 bits per heavy atom. The number of nitrogens with zero attached hydrogens (tertiary/aromatic N) is 1. The summed E-state index contributed by atoms with van der Waals surface area (Å²) in [6.07, 6.45) is 0.989. The maximum absolute atomic E-state index is 12.3. The van der Waals surface area contributed by atoms with E-state index in [2.05, 4.69) is 0 Å². The highest BCUT2D eigenvalue weighted by Gasteiger charge is 2.26. The van der Waals surface area contributed by atoms with Crippen molar-refractivity contribution in [2.45, 2.75) is 32.9 Å². The quantitative estimate of drug-likeness (QED) is 0.857. The number of carbonyl (C=O) groups excluding carboxylic acids is 1. The monoisotopic (exact) mass is 293 g/mol. The van der Waals surface area contributed by atoms with Crippen molar-refractivity contribution in [3.8, 4) is 5.95 Å². The topological polar surface area (TPSA) is 65.0 Å². The van der Waals surface area contributed by atoms with E-state index < -0.39 is 11.7 Å². The van der Waals surface area contributed by atoms with Gasteiger partial charge in [0, 0.05) is 12.1 Å². The van der Waals surface area contributed by atoms with Crippen molar-refractivity contribution in [2.24, 2.45) is 0 Å². The van der Waals surface area contributed by atoms with Crippen molar-refractivity contribution in [3.05, 3.63) is 36.3 Å².